The number of anilines is 1. The quantitative estimate of drug-likeness (QED) is 0.798. The maximum Gasteiger partial charge on any atom is 0.252 e. The number of hydrogen-bond acceptors (Lipinski definition) is 3. The van der Waals surface area contributed by atoms with Gasteiger partial charge in [0.05, 0.1) is 10.6 Å². The highest BCUT2D eigenvalue weighted by Gasteiger charge is 2.21. The summed E-state index contributed by atoms with van der Waals surface area (Å²) in [5.41, 5.74) is 1.23. The minimum atomic E-state index is -0.360. The van der Waals surface area contributed by atoms with Crippen molar-refractivity contribution in [3.05, 3.63) is 63.9 Å². The number of nitrogens with zero attached hydrogens (tertiary/aromatic N) is 2. The molecule has 0 aliphatic carbocycles. The highest BCUT2D eigenvalue weighted by molar-refractivity contribution is 6.35. The van der Waals surface area contributed by atoms with Gasteiger partial charge in [0.15, 0.2) is 0 Å². The number of nitrogens with one attached hydrogen (secondary N) is 1. The highest BCUT2D eigenvalue weighted by atomic mass is 35.5. The first kappa shape index (κ1) is 20.4. The van der Waals surface area contributed by atoms with E-state index in [1.807, 2.05) is 0 Å². The summed E-state index contributed by atoms with van der Waals surface area (Å²) in [6.45, 7) is 2.76. The lowest BCUT2D eigenvalue weighted by Gasteiger charge is -2.36. The largest absolute Gasteiger partial charge is 0.368 e. The van der Waals surface area contributed by atoms with Gasteiger partial charge in [0.1, 0.15) is 5.82 Å². The van der Waals surface area contributed by atoms with Crippen LogP contribution in [0.15, 0.2) is 42.5 Å². The Morgan fingerprint density at radius 1 is 1.00 bits per heavy atom. The number of hydrogen-bond donors (Lipinski definition) is 1. The van der Waals surface area contributed by atoms with Crippen LogP contribution in [-0.4, -0.2) is 49.4 Å². The number of rotatable bonds is 5. The predicted molar refractivity (Wildman–Crippen MR) is 109 cm³/mol. The second kappa shape index (κ2) is 9.26. The number of halogens is 3. The van der Waals surface area contributed by atoms with E-state index in [2.05, 4.69) is 10.2 Å². The molecule has 2 aromatic carbocycles. The monoisotopic (exact) mass is 423 g/mol. The molecule has 3 rings (SSSR count). The van der Waals surface area contributed by atoms with Gasteiger partial charge in [-0.15, -0.1) is 0 Å². The van der Waals surface area contributed by atoms with Crippen LogP contribution in [0.2, 0.25) is 10.0 Å². The van der Waals surface area contributed by atoms with E-state index in [0.29, 0.717) is 36.2 Å². The topological polar surface area (TPSA) is 52.7 Å². The lowest BCUT2D eigenvalue weighted by molar-refractivity contribution is -0.131. The molecule has 1 heterocycles. The molecule has 0 radical (unpaired) electrons. The van der Waals surface area contributed by atoms with Crippen molar-refractivity contribution in [1.29, 1.82) is 0 Å². The average molecular weight is 424 g/mol. The van der Waals surface area contributed by atoms with Crippen LogP contribution in [0.5, 0.6) is 0 Å². The van der Waals surface area contributed by atoms with Crippen LogP contribution in [0.1, 0.15) is 16.8 Å². The third kappa shape index (κ3) is 5.14. The van der Waals surface area contributed by atoms with E-state index in [9.17, 15) is 14.0 Å². The van der Waals surface area contributed by atoms with Gasteiger partial charge in [0, 0.05) is 49.9 Å². The van der Waals surface area contributed by atoms with Crippen molar-refractivity contribution >= 4 is 40.7 Å². The summed E-state index contributed by atoms with van der Waals surface area (Å²) in [4.78, 5) is 28.5. The standard InChI is InChI=1S/C20H20Cl2FN3O2/c21-14-1-6-18(22)17(13-14)20(28)24-8-7-19(27)26-11-9-25(10-12-26)16-4-2-15(23)3-5-16/h1-6,13H,7-12H2,(H,24,28). The Bertz CT molecular complexity index is 853. The Balaban J connectivity index is 1.44. The molecule has 1 fully saturated rings. The van der Waals surface area contributed by atoms with Crippen molar-refractivity contribution in [2.24, 2.45) is 0 Å². The van der Waals surface area contributed by atoms with Crippen molar-refractivity contribution in [2.45, 2.75) is 6.42 Å². The fourth-order valence-electron chi connectivity index (χ4n) is 3.07. The molecule has 148 valence electrons. The average Bonchev–Trinajstić information content (AvgIpc) is 2.70. The van der Waals surface area contributed by atoms with Crippen LogP contribution >= 0.6 is 23.2 Å². The van der Waals surface area contributed by atoms with Gasteiger partial charge in [-0.05, 0) is 42.5 Å². The Morgan fingerprint density at radius 2 is 1.68 bits per heavy atom. The summed E-state index contributed by atoms with van der Waals surface area (Å²) >= 11 is 11.9. The third-order valence-corrected chi connectivity index (χ3v) is 5.19. The second-order valence-electron chi connectivity index (χ2n) is 6.47. The van der Waals surface area contributed by atoms with Crippen molar-refractivity contribution in [3.63, 3.8) is 0 Å². The van der Waals surface area contributed by atoms with E-state index in [-0.39, 0.29) is 36.2 Å². The molecule has 0 saturated carbocycles. The van der Waals surface area contributed by atoms with Crippen molar-refractivity contribution < 1.29 is 14.0 Å². The summed E-state index contributed by atoms with van der Waals surface area (Å²) in [6, 6.07) is 11.0. The molecule has 8 heteroatoms. The minimum Gasteiger partial charge on any atom is -0.368 e. The van der Waals surface area contributed by atoms with Gasteiger partial charge in [0.2, 0.25) is 5.91 Å². The van der Waals surface area contributed by atoms with Gasteiger partial charge in [-0.2, -0.15) is 0 Å². The zero-order chi connectivity index (χ0) is 20.1. The molecular weight excluding hydrogens is 404 g/mol. The Hall–Kier alpha value is -2.31. The first-order valence-electron chi connectivity index (χ1n) is 8.95. The van der Waals surface area contributed by atoms with Crippen LogP contribution < -0.4 is 10.2 Å². The van der Waals surface area contributed by atoms with Crippen LogP contribution in [-0.2, 0) is 4.79 Å². The van der Waals surface area contributed by atoms with Crippen molar-refractivity contribution in [3.8, 4) is 0 Å². The lowest BCUT2D eigenvalue weighted by atomic mass is 10.2. The van der Waals surface area contributed by atoms with Crippen LogP contribution in [0.4, 0.5) is 10.1 Å². The van der Waals surface area contributed by atoms with Crippen molar-refractivity contribution in [2.75, 3.05) is 37.6 Å². The third-order valence-electron chi connectivity index (χ3n) is 4.62. The molecule has 0 bridgehead atoms. The van der Waals surface area contributed by atoms with Gasteiger partial charge in [-0.3, -0.25) is 9.59 Å². The fraction of sp³-hybridized carbons (Fsp3) is 0.300. The Labute approximate surface area is 173 Å². The SMILES string of the molecule is O=C(NCCC(=O)N1CCN(c2ccc(F)cc2)CC1)c1cc(Cl)ccc1Cl. The number of piperazine rings is 1. The van der Waals surface area contributed by atoms with Crippen molar-refractivity contribution in [1.82, 2.24) is 10.2 Å². The molecule has 0 atom stereocenters. The van der Waals surface area contributed by atoms with Crippen LogP contribution in [0.25, 0.3) is 0 Å². The molecule has 5 nitrogen and oxygen atoms in total. The second-order valence-corrected chi connectivity index (χ2v) is 7.32. The molecule has 1 aliphatic heterocycles. The first-order valence-corrected chi connectivity index (χ1v) is 9.71. The molecule has 28 heavy (non-hydrogen) atoms. The summed E-state index contributed by atoms with van der Waals surface area (Å²) in [5, 5.41) is 3.43. The molecule has 0 unspecified atom stereocenters. The fourth-order valence-corrected chi connectivity index (χ4v) is 3.45. The number of benzene rings is 2. The summed E-state index contributed by atoms with van der Waals surface area (Å²) < 4.78 is 13.0. The zero-order valence-electron chi connectivity index (χ0n) is 15.1. The molecule has 0 aromatic heterocycles. The number of amides is 2. The minimum absolute atomic E-state index is 0.0174. The maximum atomic E-state index is 13.0. The molecule has 0 spiro atoms. The summed E-state index contributed by atoms with van der Waals surface area (Å²) in [7, 11) is 0. The number of carbonyl (C=O) groups is 2. The molecule has 2 amide bonds. The highest BCUT2D eigenvalue weighted by Crippen LogP contribution is 2.20. The van der Waals surface area contributed by atoms with Crippen LogP contribution in [0.3, 0.4) is 0 Å². The van der Waals surface area contributed by atoms with Crippen LogP contribution in [0, 0.1) is 5.82 Å². The van der Waals surface area contributed by atoms with Gasteiger partial charge in [0.25, 0.3) is 5.91 Å². The van der Waals surface area contributed by atoms with Gasteiger partial charge >= 0.3 is 0 Å². The number of carbonyl (C=O) groups excluding carboxylic acids is 2. The normalized spacial score (nSPS) is 14.1. The maximum absolute atomic E-state index is 13.0. The Kier molecular flexibility index (Phi) is 6.75. The zero-order valence-corrected chi connectivity index (χ0v) is 16.6. The summed E-state index contributed by atoms with van der Waals surface area (Å²) in [5.74, 6) is -0.642. The van der Waals surface area contributed by atoms with Gasteiger partial charge < -0.3 is 15.1 Å². The molecule has 1 N–H and O–H groups in total. The van der Waals surface area contributed by atoms with E-state index >= 15 is 0 Å². The van der Waals surface area contributed by atoms with Gasteiger partial charge in [-0.25, -0.2) is 4.39 Å². The summed E-state index contributed by atoms with van der Waals surface area (Å²) in [6.07, 6.45) is 0.209. The molecular formula is C20H20Cl2FN3O2. The first-order chi connectivity index (χ1) is 13.4. The smallest absolute Gasteiger partial charge is 0.252 e. The molecule has 2 aromatic rings. The van der Waals surface area contributed by atoms with E-state index in [0.717, 1.165) is 5.69 Å². The van der Waals surface area contributed by atoms with E-state index in [1.165, 1.54) is 18.2 Å². The van der Waals surface area contributed by atoms with E-state index < -0.39 is 0 Å². The Morgan fingerprint density at radius 3 is 2.36 bits per heavy atom. The molecule has 1 saturated heterocycles. The lowest BCUT2D eigenvalue weighted by Crippen LogP contribution is -2.49. The van der Waals surface area contributed by atoms with E-state index in [1.54, 1.807) is 29.2 Å². The van der Waals surface area contributed by atoms with Gasteiger partial charge in [-0.1, -0.05) is 23.2 Å². The predicted octanol–water partition coefficient (Wildman–Crippen LogP) is 3.60. The molecule has 1 aliphatic rings. The van der Waals surface area contributed by atoms with E-state index in [4.69, 9.17) is 23.2 Å².